The van der Waals surface area contributed by atoms with Crippen LogP contribution in [-0.2, 0) is 9.59 Å². The Hall–Kier alpha value is -1.51. The molecule has 1 fully saturated rings. The number of nitrogens with zero attached hydrogens (tertiary/aromatic N) is 1. The Kier molecular flexibility index (Phi) is 6.53. The first-order valence-electron chi connectivity index (χ1n) is 7.49. The predicted molar refractivity (Wildman–Crippen MR) is 88.8 cm³/mol. The second-order valence-corrected chi connectivity index (χ2v) is 6.48. The van der Waals surface area contributed by atoms with Crippen LogP contribution in [0, 0.1) is 0 Å². The van der Waals surface area contributed by atoms with Gasteiger partial charge in [-0.15, -0.1) is 0 Å². The molecule has 138 valence electrons. The lowest BCUT2D eigenvalue weighted by Gasteiger charge is -2.23. The van der Waals surface area contributed by atoms with Gasteiger partial charge in [0.15, 0.2) is 0 Å². The van der Waals surface area contributed by atoms with Crippen LogP contribution in [0.2, 0.25) is 10.0 Å². The number of hydrogen-bond acceptors (Lipinski definition) is 3. The van der Waals surface area contributed by atoms with Gasteiger partial charge in [-0.2, -0.15) is 13.2 Å². The SMILES string of the molecule is O=C(CN1CCC[C@H]1C(=O)Nc1cc(Cl)ccc1Cl)NCC(F)(F)F. The van der Waals surface area contributed by atoms with Gasteiger partial charge in [-0.3, -0.25) is 14.5 Å². The van der Waals surface area contributed by atoms with Gasteiger partial charge in [0, 0.05) is 5.02 Å². The number of amides is 2. The lowest BCUT2D eigenvalue weighted by atomic mass is 10.2. The third kappa shape index (κ3) is 6.05. The molecule has 1 aliphatic heterocycles. The van der Waals surface area contributed by atoms with Crippen LogP contribution in [0.3, 0.4) is 0 Å². The highest BCUT2D eigenvalue weighted by atomic mass is 35.5. The summed E-state index contributed by atoms with van der Waals surface area (Å²) in [6.07, 6.45) is -3.31. The predicted octanol–water partition coefficient (Wildman–Crippen LogP) is 3.07. The van der Waals surface area contributed by atoms with Crippen molar-refractivity contribution in [1.29, 1.82) is 0 Å². The van der Waals surface area contributed by atoms with Gasteiger partial charge < -0.3 is 10.6 Å². The fourth-order valence-corrected chi connectivity index (χ4v) is 2.90. The van der Waals surface area contributed by atoms with E-state index in [0.29, 0.717) is 35.1 Å². The monoisotopic (exact) mass is 397 g/mol. The number of benzene rings is 1. The van der Waals surface area contributed by atoms with E-state index in [1.807, 2.05) is 0 Å². The summed E-state index contributed by atoms with van der Waals surface area (Å²) in [7, 11) is 0. The largest absolute Gasteiger partial charge is 0.405 e. The van der Waals surface area contributed by atoms with Crippen LogP contribution < -0.4 is 10.6 Å². The van der Waals surface area contributed by atoms with Gasteiger partial charge in [-0.25, -0.2) is 0 Å². The van der Waals surface area contributed by atoms with Crippen molar-refractivity contribution < 1.29 is 22.8 Å². The molecule has 25 heavy (non-hydrogen) atoms. The van der Waals surface area contributed by atoms with Crippen LogP contribution in [0.15, 0.2) is 18.2 Å². The number of carbonyl (C=O) groups is 2. The van der Waals surface area contributed by atoms with E-state index in [-0.39, 0.29) is 12.5 Å². The number of nitrogens with one attached hydrogen (secondary N) is 2. The van der Waals surface area contributed by atoms with Gasteiger partial charge in [0.05, 0.1) is 23.3 Å². The molecule has 1 atom stereocenters. The fourth-order valence-electron chi connectivity index (χ4n) is 2.56. The minimum Gasteiger partial charge on any atom is -0.346 e. The van der Waals surface area contributed by atoms with Crippen molar-refractivity contribution in [3.05, 3.63) is 28.2 Å². The average molecular weight is 398 g/mol. The quantitative estimate of drug-likeness (QED) is 0.802. The molecule has 0 aromatic heterocycles. The first-order valence-corrected chi connectivity index (χ1v) is 8.25. The lowest BCUT2D eigenvalue weighted by Crippen LogP contribution is -2.46. The maximum Gasteiger partial charge on any atom is 0.405 e. The van der Waals surface area contributed by atoms with Gasteiger partial charge in [0.25, 0.3) is 0 Å². The van der Waals surface area contributed by atoms with Crippen molar-refractivity contribution in [3.63, 3.8) is 0 Å². The van der Waals surface area contributed by atoms with Crippen molar-refractivity contribution in [2.75, 3.05) is 25.0 Å². The number of alkyl halides is 3. The van der Waals surface area contributed by atoms with Crippen LogP contribution in [-0.4, -0.2) is 48.6 Å². The molecule has 0 bridgehead atoms. The summed E-state index contributed by atoms with van der Waals surface area (Å²) in [6, 6.07) is 3.99. The smallest absolute Gasteiger partial charge is 0.346 e. The molecule has 2 N–H and O–H groups in total. The highest BCUT2D eigenvalue weighted by Crippen LogP contribution is 2.27. The normalized spacial score (nSPS) is 18.2. The number of carbonyl (C=O) groups excluding carboxylic acids is 2. The second kappa shape index (κ2) is 8.25. The summed E-state index contributed by atoms with van der Waals surface area (Å²) in [5.74, 6) is -1.16. The van der Waals surface area contributed by atoms with E-state index >= 15 is 0 Å². The topological polar surface area (TPSA) is 61.4 Å². The number of rotatable bonds is 5. The van der Waals surface area contributed by atoms with Crippen molar-refractivity contribution in [3.8, 4) is 0 Å². The zero-order chi connectivity index (χ0) is 18.6. The Morgan fingerprint density at radius 2 is 2.00 bits per heavy atom. The fraction of sp³-hybridized carbons (Fsp3) is 0.467. The van der Waals surface area contributed by atoms with Crippen molar-refractivity contribution in [1.82, 2.24) is 10.2 Å². The summed E-state index contributed by atoms with van der Waals surface area (Å²) in [6.45, 7) is -1.23. The maximum atomic E-state index is 12.4. The molecule has 0 unspecified atom stereocenters. The zero-order valence-electron chi connectivity index (χ0n) is 13.0. The number of likely N-dealkylation sites (tertiary alicyclic amines) is 1. The van der Waals surface area contributed by atoms with Crippen LogP contribution >= 0.6 is 23.2 Å². The summed E-state index contributed by atoms with van der Waals surface area (Å²) >= 11 is 11.9. The molecule has 2 amide bonds. The summed E-state index contributed by atoms with van der Waals surface area (Å²) in [5.41, 5.74) is 0.340. The number of anilines is 1. The molecule has 0 saturated carbocycles. The Bertz CT molecular complexity index is 655. The molecule has 1 heterocycles. The molecule has 0 spiro atoms. The van der Waals surface area contributed by atoms with Crippen LogP contribution in [0.25, 0.3) is 0 Å². The number of halogens is 5. The van der Waals surface area contributed by atoms with Crippen molar-refractivity contribution in [2.45, 2.75) is 25.1 Å². The molecule has 0 radical (unpaired) electrons. The van der Waals surface area contributed by atoms with Crippen LogP contribution in [0.4, 0.5) is 18.9 Å². The second-order valence-electron chi connectivity index (χ2n) is 5.63. The minimum absolute atomic E-state index is 0.280. The minimum atomic E-state index is -4.47. The molecule has 5 nitrogen and oxygen atoms in total. The molecule has 1 aliphatic rings. The molecule has 10 heteroatoms. The highest BCUT2D eigenvalue weighted by Gasteiger charge is 2.33. The van der Waals surface area contributed by atoms with E-state index in [0.717, 1.165) is 0 Å². The van der Waals surface area contributed by atoms with Gasteiger partial charge in [0.1, 0.15) is 6.54 Å². The Balaban J connectivity index is 1.94. The molecular formula is C15H16Cl2F3N3O2. The van der Waals surface area contributed by atoms with Crippen LogP contribution in [0.5, 0.6) is 0 Å². The first-order chi connectivity index (χ1) is 11.7. The summed E-state index contributed by atoms with van der Waals surface area (Å²) in [4.78, 5) is 25.6. The van der Waals surface area contributed by atoms with Gasteiger partial charge in [-0.05, 0) is 37.6 Å². The first kappa shape index (κ1) is 19.8. The van der Waals surface area contributed by atoms with Crippen LogP contribution in [0.1, 0.15) is 12.8 Å². The third-order valence-electron chi connectivity index (χ3n) is 3.69. The molecule has 0 aliphatic carbocycles. The van der Waals surface area contributed by atoms with E-state index < -0.39 is 24.7 Å². The maximum absolute atomic E-state index is 12.4. The third-order valence-corrected chi connectivity index (χ3v) is 4.25. The van der Waals surface area contributed by atoms with Gasteiger partial charge >= 0.3 is 6.18 Å². The van der Waals surface area contributed by atoms with E-state index in [1.165, 1.54) is 12.1 Å². The molecular weight excluding hydrogens is 382 g/mol. The molecule has 2 rings (SSSR count). The Morgan fingerprint density at radius 1 is 1.28 bits per heavy atom. The van der Waals surface area contributed by atoms with E-state index in [1.54, 1.807) is 16.3 Å². The summed E-state index contributed by atoms with van der Waals surface area (Å²) < 4.78 is 36.4. The van der Waals surface area contributed by atoms with Gasteiger partial charge in [0.2, 0.25) is 11.8 Å². The number of hydrogen-bond donors (Lipinski definition) is 2. The molecule has 1 saturated heterocycles. The Labute approximate surface area is 152 Å². The van der Waals surface area contributed by atoms with Crippen molar-refractivity contribution >= 4 is 40.7 Å². The van der Waals surface area contributed by atoms with Gasteiger partial charge in [-0.1, -0.05) is 23.2 Å². The van der Waals surface area contributed by atoms with E-state index in [9.17, 15) is 22.8 Å². The standard InChI is InChI=1S/C15H16Cl2F3N3O2/c16-9-3-4-10(17)11(6-9)22-14(25)12-2-1-5-23(12)7-13(24)21-8-15(18,19)20/h3-4,6,12H,1-2,5,7-8H2,(H,21,24)(H,22,25)/t12-/m0/s1. The highest BCUT2D eigenvalue weighted by molar-refractivity contribution is 6.35. The Morgan fingerprint density at radius 3 is 2.68 bits per heavy atom. The molecule has 1 aromatic carbocycles. The molecule has 1 aromatic rings. The summed E-state index contributed by atoms with van der Waals surface area (Å²) in [5, 5.41) is 5.15. The van der Waals surface area contributed by atoms with E-state index in [4.69, 9.17) is 23.2 Å². The average Bonchev–Trinajstić information content (AvgIpc) is 2.96. The zero-order valence-corrected chi connectivity index (χ0v) is 14.5. The van der Waals surface area contributed by atoms with Crippen molar-refractivity contribution in [2.24, 2.45) is 0 Å². The lowest BCUT2D eigenvalue weighted by molar-refractivity contribution is -0.139. The van der Waals surface area contributed by atoms with E-state index in [2.05, 4.69) is 5.32 Å².